The van der Waals surface area contributed by atoms with E-state index >= 15 is 0 Å². The van der Waals surface area contributed by atoms with Gasteiger partial charge in [0.2, 0.25) is 0 Å². The Balaban J connectivity index is 1.65. The molecule has 106 valence electrons. The second-order valence-electron chi connectivity index (χ2n) is 5.46. The van der Waals surface area contributed by atoms with Crippen LogP contribution in [0.1, 0.15) is 18.1 Å². The number of aryl methyl sites for hydroxylation is 1. The highest BCUT2D eigenvalue weighted by Crippen LogP contribution is 2.28. The van der Waals surface area contributed by atoms with Gasteiger partial charge in [-0.25, -0.2) is 0 Å². The van der Waals surface area contributed by atoms with Crippen molar-refractivity contribution in [1.82, 2.24) is 9.78 Å². The van der Waals surface area contributed by atoms with E-state index in [0.29, 0.717) is 12.5 Å². The van der Waals surface area contributed by atoms with Crippen molar-refractivity contribution in [2.45, 2.75) is 32.4 Å². The third-order valence-corrected chi connectivity index (χ3v) is 4.00. The molecule has 2 aromatic rings. The molecule has 20 heavy (non-hydrogen) atoms. The molecule has 4 nitrogen and oxygen atoms in total. The largest absolute Gasteiger partial charge is 0.493 e. The smallest absolute Gasteiger partial charge is 0.122 e. The van der Waals surface area contributed by atoms with Gasteiger partial charge in [0.25, 0.3) is 0 Å². The number of para-hydroxylation sites is 1. The van der Waals surface area contributed by atoms with E-state index in [2.05, 4.69) is 30.4 Å². The fourth-order valence-corrected chi connectivity index (χ4v) is 2.75. The summed E-state index contributed by atoms with van der Waals surface area (Å²) in [5.74, 6) is 1.38. The van der Waals surface area contributed by atoms with Crippen LogP contribution in [-0.4, -0.2) is 22.4 Å². The monoisotopic (exact) mass is 271 g/mol. The Bertz CT molecular complexity index is 579. The van der Waals surface area contributed by atoms with Crippen molar-refractivity contribution in [3.05, 3.63) is 47.8 Å². The molecule has 0 spiro atoms. The molecule has 3 rings (SSSR count). The Morgan fingerprint density at radius 2 is 2.30 bits per heavy atom. The quantitative estimate of drug-likeness (QED) is 0.925. The first-order valence-corrected chi connectivity index (χ1v) is 7.24. The lowest BCUT2D eigenvalue weighted by Crippen LogP contribution is -2.39. The number of rotatable bonds is 4. The maximum Gasteiger partial charge on any atom is 0.122 e. The van der Waals surface area contributed by atoms with Crippen LogP contribution in [0.3, 0.4) is 0 Å². The molecular formula is C16H21N3O. The zero-order chi connectivity index (χ0) is 13.9. The third kappa shape index (κ3) is 2.70. The first kappa shape index (κ1) is 13.2. The van der Waals surface area contributed by atoms with Crippen LogP contribution in [0, 0.1) is 5.92 Å². The summed E-state index contributed by atoms with van der Waals surface area (Å²) in [7, 11) is 0. The summed E-state index contributed by atoms with van der Waals surface area (Å²) < 4.78 is 7.76. The molecule has 0 amide bonds. The second-order valence-corrected chi connectivity index (χ2v) is 5.46. The van der Waals surface area contributed by atoms with E-state index in [-0.39, 0.29) is 6.04 Å². The van der Waals surface area contributed by atoms with E-state index in [1.165, 1.54) is 11.1 Å². The number of fused-ring (bicyclic) bond motifs is 1. The summed E-state index contributed by atoms with van der Waals surface area (Å²) in [6.45, 7) is 3.69. The fourth-order valence-electron chi connectivity index (χ4n) is 2.75. The van der Waals surface area contributed by atoms with Gasteiger partial charge in [0, 0.05) is 24.7 Å². The lowest BCUT2D eigenvalue weighted by molar-refractivity contribution is 0.199. The first-order valence-electron chi connectivity index (χ1n) is 7.24. The van der Waals surface area contributed by atoms with Gasteiger partial charge in [0.1, 0.15) is 5.75 Å². The van der Waals surface area contributed by atoms with E-state index in [1.807, 2.05) is 23.0 Å². The summed E-state index contributed by atoms with van der Waals surface area (Å²) in [5, 5.41) is 4.30. The Labute approximate surface area is 119 Å². The van der Waals surface area contributed by atoms with Gasteiger partial charge >= 0.3 is 0 Å². The molecule has 0 fully saturated rings. The minimum Gasteiger partial charge on any atom is -0.493 e. The predicted octanol–water partition coefficient (Wildman–Crippen LogP) is 2.02. The van der Waals surface area contributed by atoms with Gasteiger partial charge in [-0.1, -0.05) is 18.2 Å². The number of hydrogen-bond donors (Lipinski definition) is 1. The average molecular weight is 271 g/mol. The van der Waals surface area contributed by atoms with Crippen molar-refractivity contribution in [2.75, 3.05) is 6.61 Å². The van der Waals surface area contributed by atoms with Gasteiger partial charge in [0.05, 0.1) is 12.8 Å². The highest BCUT2D eigenvalue weighted by atomic mass is 16.5. The molecule has 2 unspecified atom stereocenters. The Hall–Kier alpha value is -1.81. The molecule has 0 bridgehead atoms. The summed E-state index contributed by atoms with van der Waals surface area (Å²) in [5.41, 5.74) is 8.85. The van der Waals surface area contributed by atoms with E-state index in [1.54, 1.807) is 0 Å². The highest BCUT2D eigenvalue weighted by molar-refractivity contribution is 5.35. The van der Waals surface area contributed by atoms with E-state index in [0.717, 1.165) is 25.1 Å². The zero-order valence-electron chi connectivity index (χ0n) is 11.8. The Morgan fingerprint density at radius 1 is 1.45 bits per heavy atom. The van der Waals surface area contributed by atoms with Crippen molar-refractivity contribution < 1.29 is 4.74 Å². The molecule has 0 saturated carbocycles. The summed E-state index contributed by atoms with van der Waals surface area (Å²) >= 11 is 0. The number of nitrogens with two attached hydrogens (primary N) is 1. The normalized spacial score (nSPS) is 19.2. The topological polar surface area (TPSA) is 53.1 Å². The van der Waals surface area contributed by atoms with Gasteiger partial charge in [-0.2, -0.15) is 5.10 Å². The van der Waals surface area contributed by atoms with Gasteiger partial charge in [-0.15, -0.1) is 0 Å². The fraction of sp³-hybridized carbons (Fsp3) is 0.438. The molecule has 0 saturated heterocycles. The summed E-state index contributed by atoms with van der Waals surface area (Å²) in [6, 6.07) is 8.34. The van der Waals surface area contributed by atoms with E-state index in [9.17, 15) is 0 Å². The van der Waals surface area contributed by atoms with Gasteiger partial charge < -0.3 is 10.5 Å². The maximum atomic E-state index is 6.37. The molecule has 4 heteroatoms. The SMILES string of the molecule is CCn1cc(CC(N)C2COc3ccccc3C2)cn1. The number of ether oxygens (including phenoxy) is 1. The van der Waals surface area contributed by atoms with Crippen molar-refractivity contribution in [3.8, 4) is 5.75 Å². The average Bonchev–Trinajstić information content (AvgIpc) is 2.94. The minimum absolute atomic E-state index is 0.109. The van der Waals surface area contributed by atoms with Crippen molar-refractivity contribution in [2.24, 2.45) is 11.7 Å². The number of nitrogens with zero attached hydrogens (tertiary/aromatic N) is 2. The molecule has 1 aromatic heterocycles. The van der Waals surface area contributed by atoms with Crippen LogP contribution < -0.4 is 10.5 Å². The number of aromatic nitrogens is 2. The minimum atomic E-state index is 0.109. The van der Waals surface area contributed by atoms with Crippen molar-refractivity contribution in [1.29, 1.82) is 0 Å². The maximum absolute atomic E-state index is 6.37. The van der Waals surface area contributed by atoms with Crippen LogP contribution in [0.4, 0.5) is 0 Å². The molecule has 2 heterocycles. The summed E-state index contributed by atoms with van der Waals surface area (Å²) in [4.78, 5) is 0. The second kappa shape index (κ2) is 5.67. The van der Waals surface area contributed by atoms with Crippen molar-refractivity contribution in [3.63, 3.8) is 0 Å². The van der Waals surface area contributed by atoms with Crippen LogP contribution in [-0.2, 0) is 19.4 Å². The van der Waals surface area contributed by atoms with Crippen molar-refractivity contribution >= 4 is 0 Å². The molecule has 2 N–H and O–H groups in total. The van der Waals surface area contributed by atoms with Crippen LogP contribution in [0.25, 0.3) is 0 Å². The number of hydrogen-bond acceptors (Lipinski definition) is 3. The number of benzene rings is 1. The lowest BCUT2D eigenvalue weighted by atomic mass is 9.88. The van der Waals surface area contributed by atoms with Crippen LogP contribution in [0.5, 0.6) is 5.75 Å². The van der Waals surface area contributed by atoms with E-state index in [4.69, 9.17) is 10.5 Å². The Kier molecular flexibility index (Phi) is 3.74. The molecular weight excluding hydrogens is 250 g/mol. The first-order chi connectivity index (χ1) is 9.76. The standard InChI is InChI=1S/C16H21N3O/c1-2-19-10-12(9-18-19)7-15(17)14-8-13-5-3-4-6-16(13)20-11-14/h3-6,9-10,14-15H,2,7-8,11,17H2,1H3. The zero-order valence-corrected chi connectivity index (χ0v) is 11.8. The summed E-state index contributed by atoms with van der Waals surface area (Å²) in [6.07, 6.45) is 5.86. The molecule has 0 radical (unpaired) electrons. The van der Waals surface area contributed by atoms with Crippen LogP contribution in [0.15, 0.2) is 36.7 Å². The molecule has 1 aromatic carbocycles. The third-order valence-electron chi connectivity index (χ3n) is 4.00. The lowest BCUT2D eigenvalue weighted by Gasteiger charge is -2.29. The highest BCUT2D eigenvalue weighted by Gasteiger charge is 2.25. The van der Waals surface area contributed by atoms with Gasteiger partial charge in [0.15, 0.2) is 0 Å². The van der Waals surface area contributed by atoms with Crippen LogP contribution >= 0.6 is 0 Å². The predicted molar refractivity (Wildman–Crippen MR) is 78.7 cm³/mol. The van der Waals surface area contributed by atoms with Gasteiger partial charge in [-0.05, 0) is 37.0 Å². The Morgan fingerprint density at radius 3 is 3.10 bits per heavy atom. The molecule has 2 atom stereocenters. The van der Waals surface area contributed by atoms with Gasteiger partial charge in [-0.3, -0.25) is 4.68 Å². The molecule has 0 aliphatic carbocycles. The van der Waals surface area contributed by atoms with E-state index < -0.39 is 0 Å². The van der Waals surface area contributed by atoms with Crippen LogP contribution in [0.2, 0.25) is 0 Å². The molecule has 1 aliphatic heterocycles. The molecule has 1 aliphatic rings.